The van der Waals surface area contributed by atoms with Crippen LogP contribution in [0.25, 0.3) is 0 Å². The van der Waals surface area contributed by atoms with E-state index in [9.17, 15) is 4.79 Å². The summed E-state index contributed by atoms with van der Waals surface area (Å²) in [6.45, 7) is 2.37. The first kappa shape index (κ1) is 15.8. The minimum atomic E-state index is -0.0540. The summed E-state index contributed by atoms with van der Waals surface area (Å²) < 4.78 is 5.47. The SMILES string of the molecule is CCC(N)Cc1ccc(OCCC(=O)NC)c(Cl)c1. The zero-order valence-electron chi connectivity index (χ0n) is 11.4. The molecule has 19 heavy (non-hydrogen) atoms. The van der Waals surface area contributed by atoms with E-state index >= 15 is 0 Å². The lowest BCUT2D eigenvalue weighted by Gasteiger charge is -2.11. The number of hydrogen-bond acceptors (Lipinski definition) is 3. The second-order valence-corrected chi connectivity index (χ2v) is 4.82. The van der Waals surface area contributed by atoms with Gasteiger partial charge >= 0.3 is 0 Å². The van der Waals surface area contributed by atoms with Gasteiger partial charge in [0.05, 0.1) is 18.1 Å². The molecule has 1 rings (SSSR count). The van der Waals surface area contributed by atoms with Gasteiger partial charge in [0.1, 0.15) is 5.75 Å². The molecule has 0 fully saturated rings. The van der Waals surface area contributed by atoms with Crippen molar-refractivity contribution < 1.29 is 9.53 Å². The third kappa shape index (κ3) is 5.49. The highest BCUT2D eigenvalue weighted by Crippen LogP contribution is 2.26. The fraction of sp³-hybridized carbons (Fsp3) is 0.500. The first-order valence-electron chi connectivity index (χ1n) is 6.44. The Morgan fingerprint density at radius 2 is 2.26 bits per heavy atom. The van der Waals surface area contributed by atoms with Crippen molar-refractivity contribution in [3.05, 3.63) is 28.8 Å². The first-order valence-corrected chi connectivity index (χ1v) is 6.82. The minimum Gasteiger partial charge on any atom is -0.491 e. The quantitative estimate of drug-likeness (QED) is 0.806. The number of nitrogens with two attached hydrogens (primary N) is 1. The Kier molecular flexibility index (Phi) is 6.67. The van der Waals surface area contributed by atoms with Crippen molar-refractivity contribution in [1.29, 1.82) is 0 Å². The van der Waals surface area contributed by atoms with E-state index < -0.39 is 0 Å². The average Bonchev–Trinajstić information content (AvgIpc) is 2.40. The lowest BCUT2D eigenvalue weighted by atomic mass is 10.0. The lowest BCUT2D eigenvalue weighted by Crippen LogP contribution is -2.21. The summed E-state index contributed by atoms with van der Waals surface area (Å²) in [5, 5.41) is 3.09. The largest absolute Gasteiger partial charge is 0.491 e. The molecule has 3 N–H and O–H groups in total. The number of carbonyl (C=O) groups excluding carboxylic acids is 1. The summed E-state index contributed by atoms with van der Waals surface area (Å²) in [4.78, 5) is 11.1. The Hall–Kier alpha value is -1.26. The Labute approximate surface area is 119 Å². The smallest absolute Gasteiger partial charge is 0.223 e. The molecule has 0 saturated carbocycles. The van der Waals surface area contributed by atoms with Crippen molar-refractivity contribution in [3.63, 3.8) is 0 Å². The molecule has 4 nitrogen and oxygen atoms in total. The summed E-state index contributed by atoms with van der Waals surface area (Å²) >= 11 is 6.14. The summed E-state index contributed by atoms with van der Waals surface area (Å²) in [5.41, 5.74) is 7.00. The molecular weight excluding hydrogens is 264 g/mol. The molecule has 0 aliphatic heterocycles. The van der Waals surface area contributed by atoms with Crippen molar-refractivity contribution in [3.8, 4) is 5.75 Å². The maximum absolute atomic E-state index is 11.1. The second-order valence-electron chi connectivity index (χ2n) is 4.41. The molecule has 1 aromatic carbocycles. The highest BCUT2D eigenvalue weighted by atomic mass is 35.5. The Morgan fingerprint density at radius 3 is 2.84 bits per heavy atom. The topological polar surface area (TPSA) is 64.3 Å². The van der Waals surface area contributed by atoms with Crippen LogP contribution in [0.3, 0.4) is 0 Å². The zero-order valence-corrected chi connectivity index (χ0v) is 12.2. The van der Waals surface area contributed by atoms with Crippen LogP contribution in [0.4, 0.5) is 0 Å². The van der Waals surface area contributed by atoms with Gasteiger partial charge in [0, 0.05) is 13.1 Å². The van der Waals surface area contributed by atoms with Crippen LogP contribution in [0.2, 0.25) is 5.02 Å². The highest BCUT2D eigenvalue weighted by molar-refractivity contribution is 6.32. The molecule has 0 saturated heterocycles. The normalized spacial score (nSPS) is 12.0. The van der Waals surface area contributed by atoms with Gasteiger partial charge in [-0.3, -0.25) is 4.79 Å². The number of rotatable bonds is 7. The van der Waals surface area contributed by atoms with E-state index in [1.165, 1.54) is 0 Å². The van der Waals surface area contributed by atoms with Crippen LogP contribution >= 0.6 is 11.6 Å². The first-order chi connectivity index (χ1) is 9.06. The zero-order chi connectivity index (χ0) is 14.3. The molecule has 5 heteroatoms. The van der Waals surface area contributed by atoms with Crippen LogP contribution < -0.4 is 15.8 Å². The van der Waals surface area contributed by atoms with Crippen LogP contribution in [0.1, 0.15) is 25.3 Å². The van der Waals surface area contributed by atoms with Gasteiger partial charge in [0.15, 0.2) is 0 Å². The molecule has 0 spiro atoms. The lowest BCUT2D eigenvalue weighted by molar-refractivity contribution is -0.121. The van der Waals surface area contributed by atoms with Gasteiger partial charge in [-0.25, -0.2) is 0 Å². The van der Waals surface area contributed by atoms with E-state index in [-0.39, 0.29) is 11.9 Å². The van der Waals surface area contributed by atoms with Gasteiger partial charge in [-0.2, -0.15) is 0 Å². The van der Waals surface area contributed by atoms with Gasteiger partial charge in [0.2, 0.25) is 5.91 Å². The van der Waals surface area contributed by atoms with E-state index in [4.69, 9.17) is 22.1 Å². The maximum Gasteiger partial charge on any atom is 0.223 e. The third-order valence-electron chi connectivity index (χ3n) is 2.88. The van der Waals surface area contributed by atoms with Crippen molar-refractivity contribution in [2.24, 2.45) is 5.73 Å². The monoisotopic (exact) mass is 284 g/mol. The van der Waals surface area contributed by atoms with E-state index in [1.807, 2.05) is 18.2 Å². The molecular formula is C14H21ClN2O2. The van der Waals surface area contributed by atoms with E-state index in [0.717, 1.165) is 18.4 Å². The molecule has 0 bridgehead atoms. The number of carbonyl (C=O) groups is 1. The van der Waals surface area contributed by atoms with E-state index in [2.05, 4.69) is 12.2 Å². The van der Waals surface area contributed by atoms with Gasteiger partial charge in [-0.05, 0) is 30.5 Å². The molecule has 0 aliphatic carbocycles. The minimum absolute atomic E-state index is 0.0540. The maximum atomic E-state index is 11.1. The molecule has 0 aromatic heterocycles. The summed E-state index contributed by atoms with van der Waals surface area (Å²) in [6, 6.07) is 5.79. The van der Waals surface area contributed by atoms with Crippen LogP contribution in [0.15, 0.2) is 18.2 Å². The summed E-state index contributed by atoms with van der Waals surface area (Å²) in [6.07, 6.45) is 2.05. The predicted octanol–water partition coefficient (Wildman–Crippen LogP) is 2.13. The second kappa shape index (κ2) is 8.02. The van der Waals surface area contributed by atoms with E-state index in [0.29, 0.717) is 23.8 Å². The Bertz CT molecular complexity index is 424. The van der Waals surface area contributed by atoms with Gasteiger partial charge < -0.3 is 15.8 Å². The summed E-state index contributed by atoms with van der Waals surface area (Å²) in [5.74, 6) is 0.543. The van der Waals surface area contributed by atoms with Gasteiger partial charge in [0.25, 0.3) is 0 Å². The Balaban J connectivity index is 2.54. The number of benzene rings is 1. The van der Waals surface area contributed by atoms with Crippen LogP contribution in [0, 0.1) is 0 Å². The van der Waals surface area contributed by atoms with Crippen LogP contribution in [0.5, 0.6) is 5.75 Å². The predicted molar refractivity (Wildman–Crippen MR) is 77.6 cm³/mol. The van der Waals surface area contributed by atoms with Gasteiger partial charge in [-0.15, -0.1) is 0 Å². The molecule has 1 atom stereocenters. The molecule has 0 aliphatic rings. The van der Waals surface area contributed by atoms with Gasteiger partial charge in [-0.1, -0.05) is 24.6 Å². The third-order valence-corrected chi connectivity index (χ3v) is 3.18. The standard InChI is InChI=1S/C14H21ClN2O2/c1-3-11(16)8-10-4-5-13(12(15)9-10)19-7-6-14(18)17-2/h4-5,9,11H,3,6-8,16H2,1-2H3,(H,17,18). The molecule has 1 amide bonds. The van der Waals surface area contributed by atoms with Crippen molar-refractivity contribution in [1.82, 2.24) is 5.32 Å². The average molecular weight is 285 g/mol. The molecule has 0 heterocycles. The Morgan fingerprint density at radius 1 is 1.53 bits per heavy atom. The van der Waals surface area contributed by atoms with E-state index in [1.54, 1.807) is 7.05 Å². The number of halogens is 1. The molecule has 0 radical (unpaired) electrons. The van der Waals surface area contributed by atoms with Crippen molar-refractivity contribution in [2.45, 2.75) is 32.2 Å². The molecule has 106 valence electrons. The summed E-state index contributed by atoms with van der Waals surface area (Å²) in [7, 11) is 1.60. The van der Waals surface area contributed by atoms with Crippen LogP contribution in [-0.4, -0.2) is 25.6 Å². The number of ether oxygens (including phenoxy) is 1. The highest BCUT2D eigenvalue weighted by Gasteiger charge is 2.07. The molecule has 1 unspecified atom stereocenters. The number of amides is 1. The number of hydrogen-bond donors (Lipinski definition) is 2. The van der Waals surface area contributed by atoms with Crippen molar-refractivity contribution >= 4 is 17.5 Å². The number of nitrogens with one attached hydrogen (secondary N) is 1. The van der Waals surface area contributed by atoms with Crippen LogP contribution in [-0.2, 0) is 11.2 Å². The van der Waals surface area contributed by atoms with Crippen molar-refractivity contribution in [2.75, 3.05) is 13.7 Å². The molecule has 1 aromatic rings. The fourth-order valence-corrected chi connectivity index (χ4v) is 1.87. The fourth-order valence-electron chi connectivity index (χ4n) is 1.61.